The molecule has 0 saturated carbocycles. The number of aromatic hydroxyl groups is 1. The van der Waals surface area contributed by atoms with Crippen molar-refractivity contribution in [1.82, 2.24) is 15.6 Å². The smallest absolute Gasteiger partial charge is 0.253 e. The summed E-state index contributed by atoms with van der Waals surface area (Å²) in [5.41, 5.74) is 1.60. The highest BCUT2D eigenvalue weighted by Gasteiger charge is 2.08. The summed E-state index contributed by atoms with van der Waals surface area (Å²) in [6, 6.07) is 1.40. The summed E-state index contributed by atoms with van der Waals surface area (Å²) >= 11 is 0. The lowest BCUT2D eigenvalue weighted by Gasteiger charge is -2.14. The Balaban J connectivity index is 1.91. The second-order valence-corrected chi connectivity index (χ2v) is 3.93. The van der Waals surface area contributed by atoms with Gasteiger partial charge in [-0.25, -0.2) is 0 Å². The summed E-state index contributed by atoms with van der Waals surface area (Å²) in [6.07, 6.45) is 5.78. The molecule has 0 aliphatic carbocycles. The molecule has 1 amide bonds. The van der Waals surface area contributed by atoms with Crippen molar-refractivity contribution in [3.63, 3.8) is 0 Å². The molecule has 1 aromatic heterocycles. The van der Waals surface area contributed by atoms with E-state index < -0.39 is 0 Å². The maximum Gasteiger partial charge on any atom is 0.253 e. The Morgan fingerprint density at radius 3 is 3.12 bits per heavy atom. The third kappa shape index (κ3) is 3.29. The Bertz CT molecular complexity index is 443. The summed E-state index contributed by atoms with van der Waals surface area (Å²) in [4.78, 5) is 15.5. The molecule has 0 spiro atoms. The van der Waals surface area contributed by atoms with Gasteiger partial charge in [0.2, 0.25) is 0 Å². The zero-order chi connectivity index (χ0) is 12.1. The van der Waals surface area contributed by atoms with Gasteiger partial charge in [0.25, 0.3) is 5.91 Å². The standard InChI is InChI=1S/C12H15N3O2/c16-11-5-10(7-14-8-11)12(17)15-6-9-1-3-13-4-2-9/h1,5,7-8,13,16H,2-4,6H2,(H,15,17). The fourth-order valence-electron chi connectivity index (χ4n) is 1.68. The second kappa shape index (κ2) is 5.45. The first-order valence-electron chi connectivity index (χ1n) is 5.56. The molecular weight excluding hydrogens is 218 g/mol. The molecule has 0 unspecified atom stereocenters. The van der Waals surface area contributed by atoms with Crippen LogP contribution < -0.4 is 10.6 Å². The molecule has 0 saturated heterocycles. The molecule has 5 nitrogen and oxygen atoms in total. The molecule has 17 heavy (non-hydrogen) atoms. The van der Waals surface area contributed by atoms with Crippen LogP contribution in [0.5, 0.6) is 5.75 Å². The van der Waals surface area contributed by atoms with Gasteiger partial charge >= 0.3 is 0 Å². The highest BCUT2D eigenvalue weighted by Crippen LogP contribution is 2.08. The van der Waals surface area contributed by atoms with Crippen molar-refractivity contribution in [2.24, 2.45) is 0 Å². The van der Waals surface area contributed by atoms with E-state index in [0.29, 0.717) is 12.1 Å². The van der Waals surface area contributed by atoms with Crippen molar-refractivity contribution >= 4 is 5.91 Å². The molecule has 0 bridgehead atoms. The minimum absolute atomic E-state index is 0.00117. The van der Waals surface area contributed by atoms with Gasteiger partial charge < -0.3 is 15.7 Å². The Kier molecular flexibility index (Phi) is 3.72. The van der Waals surface area contributed by atoms with Gasteiger partial charge in [-0.3, -0.25) is 9.78 Å². The summed E-state index contributed by atoms with van der Waals surface area (Å²) < 4.78 is 0. The average molecular weight is 233 g/mol. The van der Waals surface area contributed by atoms with E-state index in [2.05, 4.69) is 21.7 Å². The number of carbonyl (C=O) groups excluding carboxylic acids is 1. The molecule has 0 radical (unpaired) electrons. The molecule has 0 aromatic carbocycles. The SMILES string of the molecule is O=C(NCC1=CCNCC1)c1cncc(O)c1. The quantitative estimate of drug-likeness (QED) is 0.662. The van der Waals surface area contributed by atoms with Crippen molar-refractivity contribution in [3.05, 3.63) is 35.7 Å². The zero-order valence-electron chi connectivity index (χ0n) is 9.44. The second-order valence-electron chi connectivity index (χ2n) is 3.93. The molecule has 2 heterocycles. The van der Waals surface area contributed by atoms with Gasteiger partial charge in [-0.2, -0.15) is 0 Å². The van der Waals surface area contributed by atoms with Gasteiger partial charge in [-0.15, -0.1) is 0 Å². The number of pyridine rings is 1. The normalized spacial score (nSPS) is 15.2. The summed E-state index contributed by atoms with van der Waals surface area (Å²) in [7, 11) is 0. The first kappa shape index (κ1) is 11.6. The lowest BCUT2D eigenvalue weighted by Crippen LogP contribution is -2.29. The van der Waals surface area contributed by atoms with E-state index in [4.69, 9.17) is 0 Å². The number of rotatable bonds is 3. The van der Waals surface area contributed by atoms with E-state index in [-0.39, 0.29) is 11.7 Å². The van der Waals surface area contributed by atoms with Gasteiger partial charge in [-0.1, -0.05) is 11.6 Å². The summed E-state index contributed by atoms with van der Waals surface area (Å²) in [6.45, 7) is 2.37. The van der Waals surface area contributed by atoms with Crippen LogP contribution in [0, 0.1) is 0 Å². The highest BCUT2D eigenvalue weighted by atomic mass is 16.3. The minimum atomic E-state index is -0.215. The van der Waals surface area contributed by atoms with Gasteiger partial charge in [0.15, 0.2) is 0 Å². The molecule has 1 aliphatic rings. The van der Waals surface area contributed by atoms with Gasteiger partial charge in [0.05, 0.1) is 11.8 Å². The van der Waals surface area contributed by atoms with Gasteiger partial charge in [0.1, 0.15) is 5.75 Å². The predicted molar refractivity (Wildman–Crippen MR) is 63.8 cm³/mol. The van der Waals surface area contributed by atoms with E-state index in [1.165, 1.54) is 24.0 Å². The Morgan fingerprint density at radius 1 is 1.53 bits per heavy atom. The van der Waals surface area contributed by atoms with Gasteiger partial charge in [0, 0.05) is 19.3 Å². The van der Waals surface area contributed by atoms with E-state index in [1.54, 1.807) is 0 Å². The van der Waals surface area contributed by atoms with Crippen LogP contribution in [0.1, 0.15) is 16.8 Å². The zero-order valence-corrected chi connectivity index (χ0v) is 9.44. The lowest BCUT2D eigenvalue weighted by atomic mass is 10.1. The fraction of sp³-hybridized carbons (Fsp3) is 0.333. The van der Waals surface area contributed by atoms with Crippen molar-refractivity contribution < 1.29 is 9.90 Å². The Morgan fingerprint density at radius 2 is 2.41 bits per heavy atom. The topological polar surface area (TPSA) is 74.2 Å². The van der Waals surface area contributed by atoms with Crippen LogP contribution in [0.2, 0.25) is 0 Å². The molecule has 0 atom stereocenters. The average Bonchev–Trinajstić information content (AvgIpc) is 2.37. The van der Waals surface area contributed by atoms with E-state index >= 15 is 0 Å². The third-order valence-electron chi connectivity index (χ3n) is 2.62. The third-order valence-corrected chi connectivity index (χ3v) is 2.62. The number of amides is 1. The number of hydrogen-bond donors (Lipinski definition) is 3. The summed E-state index contributed by atoms with van der Waals surface area (Å²) in [5, 5.41) is 15.2. The molecule has 2 rings (SSSR count). The van der Waals surface area contributed by atoms with Crippen LogP contribution in [0.4, 0.5) is 0 Å². The van der Waals surface area contributed by atoms with E-state index in [0.717, 1.165) is 19.5 Å². The maximum absolute atomic E-state index is 11.7. The molecule has 1 aromatic rings. The molecular formula is C12H15N3O2. The van der Waals surface area contributed by atoms with Crippen LogP contribution in [-0.4, -0.2) is 35.6 Å². The molecule has 5 heteroatoms. The first-order chi connectivity index (χ1) is 8.25. The molecule has 90 valence electrons. The van der Waals surface area contributed by atoms with Crippen LogP contribution in [0.3, 0.4) is 0 Å². The predicted octanol–water partition coefficient (Wildman–Crippen LogP) is 0.437. The van der Waals surface area contributed by atoms with Crippen LogP contribution in [-0.2, 0) is 0 Å². The fourth-order valence-corrected chi connectivity index (χ4v) is 1.68. The van der Waals surface area contributed by atoms with Crippen LogP contribution >= 0.6 is 0 Å². The number of aromatic nitrogens is 1. The number of carbonyl (C=O) groups is 1. The van der Waals surface area contributed by atoms with Crippen molar-refractivity contribution in [1.29, 1.82) is 0 Å². The van der Waals surface area contributed by atoms with Crippen molar-refractivity contribution in [2.45, 2.75) is 6.42 Å². The maximum atomic E-state index is 11.7. The lowest BCUT2D eigenvalue weighted by molar-refractivity contribution is 0.0956. The van der Waals surface area contributed by atoms with E-state index in [1.807, 2.05) is 0 Å². The molecule has 1 aliphatic heterocycles. The summed E-state index contributed by atoms with van der Waals surface area (Å²) in [5.74, 6) is -0.216. The van der Waals surface area contributed by atoms with Crippen molar-refractivity contribution in [3.8, 4) is 5.75 Å². The molecule has 0 fully saturated rings. The van der Waals surface area contributed by atoms with Gasteiger partial charge in [-0.05, 0) is 19.0 Å². The number of nitrogens with zero attached hydrogens (tertiary/aromatic N) is 1. The number of nitrogens with one attached hydrogen (secondary N) is 2. The van der Waals surface area contributed by atoms with Crippen LogP contribution in [0.25, 0.3) is 0 Å². The van der Waals surface area contributed by atoms with E-state index in [9.17, 15) is 9.90 Å². The number of hydrogen-bond acceptors (Lipinski definition) is 4. The Labute approximate surface area is 99.6 Å². The van der Waals surface area contributed by atoms with Crippen LogP contribution in [0.15, 0.2) is 30.1 Å². The molecule has 3 N–H and O–H groups in total. The minimum Gasteiger partial charge on any atom is -0.506 e. The highest BCUT2D eigenvalue weighted by molar-refractivity contribution is 5.94. The Hall–Kier alpha value is -1.88. The first-order valence-corrected chi connectivity index (χ1v) is 5.56. The van der Waals surface area contributed by atoms with Crippen molar-refractivity contribution in [2.75, 3.05) is 19.6 Å². The monoisotopic (exact) mass is 233 g/mol. The largest absolute Gasteiger partial charge is 0.506 e.